The monoisotopic (exact) mass is 297 g/mol. The van der Waals surface area contributed by atoms with Crippen LogP contribution in [0.2, 0.25) is 0 Å². The Morgan fingerprint density at radius 1 is 1.27 bits per heavy atom. The molecule has 3 rings (SSSR count). The molecule has 7 nitrogen and oxygen atoms in total. The lowest BCUT2D eigenvalue weighted by Crippen LogP contribution is -2.05. The fourth-order valence-electron chi connectivity index (χ4n) is 2.02. The van der Waals surface area contributed by atoms with E-state index in [1.165, 1.54) is 24.3 Å². The summed E-state index contributed by atoms with van der Waals surface area (Å²) in [5, 5.41) is 10.6. The predicted molar refractivity (Wildman–Crippen MR) is 79.1 cm³/mol. The van der Waals surface area contributed by atoms with E-state index in [-0.39, 0.29) is 17.3 Å². The van der Waals surface area contributed by atoms with Crippen molar-refractivity contribution in [3.05, 3.63) is 69.7 Å². The summed E-state index contributed by atoms with van der Waals surface area (Å²) in [4.78, 5) is 26.1. The van der Waals surface area contributed by atoms with Gasteiger partial charge in [-0.15, -0.1) is 0 Å². The molecule has 1 aromatic heterocycles. The number of nitro benzene ring substituents is 1. The van der Waals surface area contributed by atoms with Crippen molar-refractivity contribution in [1.82, 2.24) is 4.57 Å². The maximum Gasteiger partial charge on any atom is 0.363 e. The largest absolute Gasteiger partial charge is 0.402 e. The van der Waals surface area contributed by atoms with Crippen molar-refractivity contribution in [2.45, 2.75) is 0 Å². The van der Waals surface area contributed by atoms with Crippen molar-refractivity contribution in [3.8, 4) is 0 Å². The smallest absolute Gasteiger partial charge is 0.363 e. The number of nitro groups is 1. The molecule has 7 heteroatoms. The molecule has 0 N–H and O–H groups in total. The fraction of sp³-hybridized carbons (Fsp3) is 0.0667. The molecule has 22 heavy (non-hydrogen) atoms. The molecular formula is C15H11N3O4. The van der Waals surface area contributed by atoms with Gasteiger partial charge in [0.2, 0.25) is 5.90 Å². The number of hydrogen-bond donors (Lipinski definition) is 0. The molecule has 0 amide bonds. The van der Waals surface area contributed by atoms with E-state index >= 15 is 0 Å². The summed E-state index contributed by atoms with van der Waals surface area (Å²) in [6.07, 6.45) is 3.48. The number of benzene rings is 1. The van der Waals surface area contributed by atoms with Crippen molar-refractivity contribution >= 4 is 23.6 Å². The van der Waals surface area contributed by atoms with Crippen molar-refractivity contribution in [3.63, 3.8) is 0 Å². The third kappa shape index (κ3) is 2.51. The lowest BCUT2D eigenvalue weighted by atomic mass is 10.2. The summed E-state index contributed by atoms with van der Waals surface area (Å²) < 4.78 is 6.96. The molecule has 1 aliphatic heterocycles. The van der Waals surface area contributed by atoms with E-state index in [2.05, 4.69) is 4.99 Å². The highest BCUT2D eigenvalue weighted by Gasteiger charge is 2.24. The first-order chi connectivity index (χ1) is 10.5. The Morgan fingerprint density at radius 2 is 2.00 bits per heavy atom. The minimum absolute atomic E-state index is 0.0340. The van der Waals surface area contributed by atoms with Crippen LogP contribution >= 0.6 is 0 Å². The van der Waals surface area contributed by atoms with Gasteiger partial charge in [0.15, 0.2) is 5.70 Å². The number of ether oxygens (including phenoxy) is 1. The molecule has 0 atom stereocenters. The molecule has 1 aliphatic rings. The zero-order chi connectivity index (χ0) is 15.7. The van der Waals surface area contributed by atoms with Crippen LogP contribution in [0, 0.1) is 10.1 Å². The Balaban J connectivity index is 1.91. The van der Waals surface area contributed by atoms with Gasteiger partial charge < -0.3 is 9.30 Å². The second kappa shape index (κ2) is 5.28. The highest BCUT2D eigenvalue weighted by atomic mass is 16.6. The van der Waals surface area contributed by atoms with E-state index in [0.717, 1.165) is 5.69 Å². The molecule has 0 radical (unpaired) electrons. The van der Waals surface area contributed by atoms with Gasteiger partial charge in [0.1, 0.15) is 0 Å². The number of aromatic nitrogens is 1. The van der Waals surface area contributed by atoms with Crippen LogP contribution in [-0.4, -0.2) is 21.4 Å². The molecule has 2 aromatic rings. The first-order valence-corrected chi connectivity index (χ1v) is 6.43. The van der Waals surface area contributed by atoms with Gasteiger partial charge >= 0.3 is 5.97 Å². The van der Waals surface area contributed by atoms with Gasteiger partial charge in [0.25, 0.3) is 5.69 Å². The number of aryl methyl sites for hydroxylation is 1. The van der Waals surface area contributed by atoms with Gasteiger partial charge in [-0.3, -0.25) is 10.1 Å². The van der Waals surface area contributed by atoms with E-state index in [0.29, 0.717) is 5.56 Å². The lowest BCUT2D eigenvalue weighted by molar-refractivity contribution is -0.384. The van der Waals surface area contributed by atoms with Crippen LogP contribution in [0.1, 0.15) is 11.3 Å². The summed E-state index contributed by atoms with van der Waals surface area (Å²) in [6, 6.07) is 9.37. The number of rotatable bonds is 3. The third-order valence-electron chi connectivity index (χ3n) is 3.21. The molecule has 2 heterocycles. The van der Waals surface area contributed by atoms with E-state index in [9.17, 15) is 14.9 Å². The average Bonchev–Trinajstić information content (AvgIpc) is 3.07. The maximum absolute atomic E-state index is 11.8. The van der Waals surface area contributed by atoms with E-state index < -0.39 is 10.9 Å². The fourth-order valence-corrected chi connectivity index (χ4v) is 2.02. The topological polar surface area (TPSA) is 86.7 Å². The second-order valence-corrected chi connectivity index (χ2v) is 4.68. The highest BCUT2D eigenvalue weighted by Crippen LogP contribution is 2.20. The number of cyclic esters (lactones) is 1. The number of hydrogen-bond acceptors (Lipinski definition) is 5. The molecule has 0 saturated heterocycles. The minimum atomic E-state index is -0.547. The zero-order valence-electron chi connectivity index (χ0n) is 11.6. The number of carbonyl (C=O) groups is 1. The Kier molecular flexibility index (Phi) is 3.30. The molecule has 1 aromatic carbocycles. The molecule has 0 unspecified atom stereocenters. The summed E-state index contributed by atoms with van der Waals surface area (Å²) in [5.41, 5.74) is 1.48. The SMILES string of the molecule is Cn1cccc1C=C1N=C(c2ccc([N+](=O)[O-])cc2)OC1=O. The predicted octanol–water partition coefficient (Wildman–Crippen LogP) is 2.28. The molecule has 0 bridgehead atoms. The number of aliphatic imine (C=N–C) groups is 1. The normalized spacial score (nSPS) is 15.8. The van der Waals surface area contributed by atoms with Gasteiger partial charge in [0.05, 0.1) is 4.92 Å². The Bertz CT molecular complexity index is 816. The standard InChI is InChI=1S/C15H11N3O4/c1-17-8-2-3-12(17)9-13-15(19)22-14(16-13)10-4-6-11(7-5-10)18(20)21/h2-9H,1H3. The van der Waals surface area contributed by atoms with Crippen LogP contribution < -0.4 is 0 Å². The number of nitrogens with zero attached hydrogens (tertiary/aromatic N) is 3. The van der Waals surface area contributed by atoms with E-state index in [1.54, 1.807) is 6.08 Å². The Hall–Kier alpha value is -3.22. The first-order valence-electron chi connectivity index (χ1n) is 6.43. The first kappa shape index (κ1) is 13.7. The van der Waals surface area contributed by atoms with Crippen molar-refractivity contribution in [2.75, 3.05) is 0 Å². The Labute approximate surface area is 125 Å². The van der Waals surface area contributed by atoms with Gasteiger partial charge in [-0.25, -0.2) is 9.79 Å². The molecule has 110 valence electrons. The second-order valence-electron chi connectivity index (χ2n) is 4.68. The highest BCUT2D eigenvalue weighted by molar-refractivity contribution is 6.12. The molecular weight excluding hydrogens is 286 g/mol. The van der Waals surface area contributed by atoms with E-state index in [1.807, 2.05) is 29.9 Å². The van der Waals surface area contributed by atoms with Crippen molar-refractivity contribution in [2.24, 2.45) is 12.0 Å². The number of carbonyl (C=O) groups excluding carboxylic acids is 1. The van der Waals surface area contributed by atoms with Crippen LogP contribution in [0.15, 0.2) is 53.3 Å². The maximum atomic E-state index is 11.8. The molecule has 0 saturated carbocycles. The molecule has 0 spiro atoms. The zero-order valence-corrected chi connectivity index (χ0v) is 11.6. The average molecular weight is 297 g/mol. The lowest BCUT2D eigenvalue weighted by Gasteiger charge is -1.98. The van der Waals surface area contributed by atoms with E-state index in [4.69, 9.17) is 4.74 Å². The Morgan fingerprint density at radius 3 is 2.59 bits per heavy atom. The summed E-state index contributed by atoms with van der Waals surface area (Å²) >= 11 is 0. The number of non-ortho nitro benzene ring substituents is 1. The summed E-state index contributed by atoms with van der Waals surface area (Å²) in [5.74, 6) is -0.407. The van der Waals surface area contributed by atoms with Crippen molar-refractivity contribution < 1.29 is 14.5 Å². The van der Waals surface area contributed by atoms with Gasteiger partial charge in [-0.1, -0.05) is 0 Å². The minimum Gasteiger partial charge on any atom is -0.402 e. The third-order valence-corrected chi connectivity index (χ3v) is 3.21. The molecule has 0 fully saturated rings. The van der Waals surface area contributed by atoms with Gasteiger partial charge in [0, 0.05) is 36.6 Å². The van der Waals surface area contributed by atoms with Crippen LogP contribution in [0.25, 0.3) is 6.08 Å². The summed E-state index contributed by atoms with van der Waals surface area (Å²) in [7, 11) is 1.85. The van der Waals surface area contributed by atoms with Crippen LogP contribution in [-0.2, 0) is 16.6 Å². The molecule has 0 aliphatic carbocycles. The van der Waals surface area contributed by atoms with Crippen molar-refractivity contribution in [1.29, 1.82) is 0 Å². The quantitative estimate of drug-likeness (QED) is 0.376. The summed E-state index contributed by atoms with van der Waals surface area (Å²) in [6.45, 7) is 0. The van der Waals surface area contributed by atoms with Gasteiger partial charge in [-0.05, 0) is 30.3 Å². The van der Waals surface area contributed by atoms with Crippen LogP contribution in [0.3, 0.4) is 0 Å². The van der Waals surface area contributed by atoms with Crippen LogP contribution in [0.5, 0.6) is 0 Å². The number of esters is 1. The van der Waals surface area contributed by atoms with Crippen LogP contribution in [0.4, 0.5) is 5.69 Å². The van der Waals surface area contributed by atoms with Gasteiger partial charge in [-0.2, -0.15) is 0 Å².